The number of amides is 1. The topological polar surface area (TPSA) is 41.1 Å². The average Bonchev–Trinajstić information content (AvgIpc) is 2.64. The van der Waals surface area contributed by atoms with Gasteiger partial charge < -0.3 is 10.6 Å². The molecule has 0 radical (unpaired) electrons. The van der Waals surface area contributed by atoms with Gasteiger partial charge in [-0.1, -0.05) is 61.7 Å². The normalized spacial score (nSPS) is 16.4. The van der Waals surface area contributed by atoms with E-state index in [1.165, 1.54) is 30.4 Å². The highest BCUT2D eigenvalue weighted by atomic mass is 16.2. The highest BCUT2D eigenvalue weighted by Gasteiger charge is 2.19. The van der Waals surface area contributed by atoms with E-state index in [-0.39, 0.29) is 11.9 Å². The third-order valence-corrected chi connectivity index (χ3v) is 4.72. The van der Waals surface area contributed by atoms with Crippen LogP contribution in [-0.2, 0) is 4.79 Å². The molecule has 1 saturated carbocycles. The standard InChI is InChI=1S/C21H26N2O/c1-16(21(24)23-19-10-6-3-7-11-19)22-20-14-12-18(13-15-20)17-8-4-2-5-9-17/h2,4-5,8-9,12-16,19,22H,3,6-7,10-11H2,1H3,(H,23,24)/t16-/m0/s1. The van der Waals surface area contributed by atoms with E-state index in [9.17, 15) is 4.79 Å². The van der Waals surface area contributed by atoms with E-state index in [0.29, 0.717) is 6.04 Å². The molecular weight excluding hydrogens is 296 g/mol. The molecule has 0 saturated heterocycles. The minimum Gasteiger partial charge on any atom is -0.374 e. The summed E-state index contributed by atoms with van der Waals surface area (Å²) in [5.74, 6) is 0.0917. The zero-order valence-corrected chi connectivity index (χ0v) is 14.3. The van der Waals surface area contributed by atoms with Crippen molar-refractivity contribution in [1.29, 1.82) is 0 Å². The van der Waals surface area contributed by atoms with E-state index in [1.807, 2.05) is 37.3 Å². The summed E-state index contributed by atoms with van der Waals surface area (Å²) < 4.78 is 0. The molecule has 0 spiro atoms. The molecule has 1 aliphatic rings. The van der Waals surface area contributed by atoms with Crippen LogP contribution in [0.4, 0.5) is 5.69 Å². The second kappa shape index (κ2) is 8.00. The quantitative estimate of drug-likeness (QED) is 0.844. The first-order valence-electron chi connectivity index (χ1n) is 8.95. The molecule has 0 bridgehead atoms. The fourth-order valence-electron chi connectivity index (χ4n) is 3.28. The lowest BCUT2D eigenvalue weighted by atomic mass is 9.95. The molecule has 0 unspecified atom stereocenters. The van der Waals surface area contributed by atoms with Gasteiger partial charge in [-0.2, -0.15) is 0 Å². The van der Waals surface area contributed by atoms with E-state index >= 15 is 0 Å². The zero-order chi connectivity index (χ0) is 16.8. The zero-order valence-electron chi connectivity index (χ0n) is 14.3. The molecule has 2 aromatic rings. The summed E-state index contributed by atoms with van der Waals surface area (Å²) in [6.07, 6.45) is 5.99. The Morgan fingerprint density at radius 3 is 2.21 bits per heavy atom. The number of benzene rings is 2. The molecule has 1 fully saturated rings. The molecule has 3 rings (SSSR count). The Morgan fingerprint density at radius 1 is 0.917 bits per heavy atom. The van der Waals surface area contributed by atoms with Crippen molar-refractivity contribution < 1.29 is 4.79 Å². The molecule has 3 heteroatoms. The summed E-state index contributed by atoms with van der Waals surface area (Å²) in [5.41, 5.74) is 3.36. The lowest BCUT2D eigenvalue weighted by Gasteiger charge is -2.25. The van der Waals surface area contributed by atoms with Gasteiger partial charge in [0.05, 0.1) is 0 Å². The van der Waals surface area contributed by atoms with Gasteiger partial charge in [-0.3, -0.25) is 4.79 Å². The molecule has 0 aromatic heterocycles. The molecule has 3 nitrogen and oxygen atoms in total. The monoisotopic (exact) mass is 322 g/mol. The summed E-state index contributed by atoms with van der Waals surface area (Å²) in [6, 6.07) is 18.7. The largest absolute Gasteiger partial charge is 0.374 e. The van der Waals surface area contributed by atoms with Crippen LogP contribution in [0.3, 0.4) is 0 Å². The third kappa shape index (κ3) is 4.38. The van der Waals surface area contributed by atoms with Gasteiger partial charge in [0.25, 0.3) is 0 Å². The molecule has 2 aromatic carbocycles. The number of nitrogens with one attached hydrogen (secondary N) is 2. The SMILES string of the molecule is C[C@H](Nc1ccc(-c2ccccc2)cc1)C(=O)NC1CCCCC1. The average molecular weight is 322 g/mol. The Morgan fingerprint density at radius 2 is 1.54 bits per heavy atom. The Bertz CT molecular complexity index is 645. The number of carbonyl (C=O) groups excluding carboxylic acids is 1. The van der Waals surface area contributed by atoms with Crippen LogP contribution in [0.1, 0.15) is 39.0 Å². The van der Waals surface area contributed by atoms with Gasteiger partial charge in [0.1, 0.15) is 6.04 Å². The van der Waals surface area contributed by atoms with Crippen LogP contribution in [0.25, 0.3) is 11.1 Å². The number of rotatable bonds is 5. The predicted octanol–water partition coefficient (Wildman–Crippen LogP) is 4.60. The smallest absolute Gasteiger partial charge is 0.242 e. The highest BCUT2D eigenvalue weighted by Crippen LogP contribution is 2.21. The fraction of sp³-hybridized carbons (Fsp3) is 0.381. The van der Waals surface area contributed by atoms with Crippen molar-refractivity contribution in [2.75, 3.05) is 5.32 Å². The van der Waals surface area contributed by atoms with E-state index in [1.54, 1.807) is 0 Å². The fourth-order valence-corrected chi connectivity index (χ4v) is 3.28. The summed E-state index contributed by atoms with van der Waals surface area (Å²) in [4.78, 5) is 12.3. The first-order valence-corrected chi connectivity index (χ1v) is 8.95. The van der Waals surface area contributed by atoms with Gasteiger partial charge >= 0.3 is 0 Å². The maximum absolute atomic E-state index is 12.3. The third-order valence-electron chi connectivity index (χ3n) is 4.72. The molecule has 0 heterocycles. The molecule has 1 atom stereocenters. The summed E-state index contributed by atoms with van der Waals surface area (Å²) >= 11 is 0. The Kier molecular flexibility index (Phi) is 5.52. The van der Waals surface area contributed by atoms with Crippen LogP contribution in [0, 0.1) is 0 Å². The van der Waals surface area contributed by atoms with E-state index < -0.39 is 0 Å². The molecule has 1 aliphatic carbocycles. The van der Waals surface area contributed by atoms with Crippen molar-refractivity contribution in [3.63, 3.8) is 0 Å². The Hall–Kier alpha value is -2.29. The second-order valence-electron chi connectivity index (χ2n) is 6.65. The summed E-state index contributed by atoms with van der Waals surface area (Å²) in [7, 11) is 0. The van der Waals surface area contributed by atoms with E-state index in [4.69, 9.17) is 0 Å². The first kappa shape index (κ1) is 16.6. The van der Waals surface area contributed by atoms with Crippen LogP contribution < -0.4 is 10.6 Å². The second-order valence-corrected chi connectivity index (χ2v) is 6.65. The summed E-state index contributed by atoms with van der Waals surface area (Å²) in [5, 5.41) is 6.47. The molecule has 126 valence electrons. The molecule has 24 heavy (non-hydrogen) atoms. The lowest BCUT2D eigenvalue weighted by Crippen LogP contribution is -2.43. The molecular formula is C21H26N2O. The van der Waals surface area contributed by atoms with Gasteiger partial charge in [-0.05, 0) is 43.0 Å². The molecule has 2 N–H and O–H groups in total. The van der Waals surface area contributed by atoms with E-state index in [2.05, 4.69) is 34.9 Å². The van der Waals surface area contributed by atoms with Crippen LogP contribution in [0.2, 0.25) is 0 Å². The number of hydrogen-bond donors (Lipinski definition) is 2. The van der Waals surface area contributed by atoms with Gasteiger partial charge in [0.15, 0.2) is 0 Å². The summed E-state index contributed by atoms with van der Waals surface area (Å²) in [6.45, 7) is 1.92. The minimum absolute atomic E-state index is 0.0917. The van der Waals surface area contributed by atoms with Crippen LogP contribution in [0.15, 0.2) is 54.6 Å². The Labute approximate surface area is 144 Å². The Balaban J connectivity index is 1.56. The van der Waals surface area contributed by atoms with Crippen LogP contribution in [-0.4, -0.2) is 18.0 Å². The van der Waals surface area contributed by atoms with Gasteiger partial charge in [-0.25, -0.2) is 0 Å². The number of anilines is 1. The number of carbonyl (C=O) groups is 1. The van der Waals surface area contributed by atoms with Crippen molar-refractivity contribution >= 4 is 11.6 Å². The lowest BCUT2D eigenvalue weighted by molar-refractivity contribution is -0.122. The first-order chi connectivity index (χ1) is 11.7. The van der Waals surface area contributed by atoms with Crippen molar-refractivity contribution in [2.45, 2.75) is 51.1 Å². The van der Waals surface area contributed by atoms with E-state index in [0.717, 1.165) is 18.5 Å². The molecule has 1 amide bonds. The highest BCUT2D eigenvalue weighted by molar-refractivity contribution is 5.84. The van der Waals surface area contributed by atoms with Crippen molar-refractivity contribution in [3.8, 4) is 11.1 Å². The van der Waals surface area contributed by atoms with Crippen LogP contribution >= 0.6 is 0 Å². The van der Waals surface area contributed by atoms with Crippen LogP contribution in [0.5, 0.6) is 0 Å². The maximum Gasteiger partial charge on any atom is 0.242 e. The van der Waals surface area contributed by atoms with Crippen molar-refractivity contribution in [3.05, 3.63) is 54.6 Å². The van der Waals surface area contributed by atoms with Gasteiger partial charge in [0, 0.05) is 11.7 Å². The minimum atomic E-state index is -0.227. The predicted molar refractivity (Wildman–Crippen MR) is 100.0 cm³/mol. The van der Waals surface area contributed by atoms with Gasteiger partial charge in [0.2, 0.25) is 5.91 Å². The van der Waals surface area contributed by atoms with Crippen molar-refractivity contribution in [1.82, 2.24) is 5.32 Å². The number of hydrogen-bond acceptors (Lipinski definition) is 2. The van der Waals surface area contributed by atoms with Crippen molar-refractivity contribution in [2.24, 2.45) is 0 Å². The maximum atomic E-state index is 12.3. The molecule has 0 aliphatic heterocycles. The van der Waals surface area contributed by atoms with Gasteiger partial charge in [-0.15, -0.1) is 0 Å².